The smallest absolute Gasteiger partial charge is 0.119 e. The van der Waals surface area contributed by atoms with E-state index >= 15 is 0 Å². The Morgan fingerprint density at radius 2 is 0.824 bits per heavy atom. The number of hydrogen-bond acceptors (Lipinski definition) is 4. The Kier molecular flexibility index (Phi) is 9.84. The fourth-order valence-corrected chi connectivity index (χ4v) is 6.53. The minimum absolute atomic E-state index is 0.817. The first kappa shape index (κ1) is 33.2. The molecular formula is C47H42N2O2. The second-order valence-corrected chi connectivity index (χ2v) is 12.8. The molecule has 0 aromatic heterocycles. The van der Waals surface area contributed by atoms with Crippen molar-refractivity contribution in [2.24, 2.45) is 0 Å². The molecule has 0 fully saturated rings. The summed E-state index contributed by atoms with van der Waals surface area (Å²) in [5.74, 6) is 1.63. The fraction of sp³-hybridized carbons (Fsp3) is 0.106. The van der Waals surface area contributed by atoms with E-state index in [-0.39, 0.29) is 0 Å². The van der Waals surface area contributed by atoms with Crippen LogP contribution in [0.4, 0.5) is 34.1 Å². The highest BCUT2D eigenvalue weighted by Gasteiger charge is 2.20. The lowest BCUT2D eigenvalue weighted by molar-refractivity contribution is 0.414. The van der Waals surface area contributed by atoms with Gasteiger partial charge in [0.1, 0.15) is 11.5 Å². The molecule has 0 bridgehead atoms. The molecule has 0 saturated heterocycles. The van der Waals surface area contributed by atoms with E-state index in [0.717, 1.165) is 57.6 Å². The second kappa shape index (κ2) is 15.1. The molecule has 0 radical (unpaired) electrons. The number of hydrogen-bond donors (Lipinski definition) is 0. The molecule has 0 heterocycles. The Bertz CT molecular complexity index is 2080. The number of ether oxygens (including phenoxy) is 2. The van der Waals surface area contributed by atoms with Gasteiger partial charge in [-0.2, -0.15) is 0 Å². The van der Waals surface area contributed by atoms with Crippen LogP contribution in [-0.2, 0) is 6.42 Å². The van der Waals surface area contributed by atoms with Gasteiger partial charge in [0.25, 0.3) is 0 Å². The molecule has 0 unspecified atom stereocenters. The molecule has 0 spiro atoms. The van der Waals surface area contributed by atoms with Crippen LogP contribution in [0.15, 0.2) is 170 Å². The SMILES string of the molecule is COc1ccc(N(c2ccc(C)cc2)c2cc(-c3ccccc3Cc3ccccc3)cc(N(c3ccc(C)cc3)c3ccc(OC)cc3)c2)cc1. The molecular weight excluding hydrogens is 625 g/mol. The standard InChI is InChI=1S/C47H42N2O2/c1-34-14-18-39(19-15-34)48(41-22-26-45(50-3)27-23-41)43-31-38(47-13-9-8-12-37(47)30-36-10-6-5-7-11-36)32-44(33-43)49(40-20-16-35(2)17-21-40)42-24-28-46(51-4)29-25-42/h5-29,31-33H,30H2,1-4H3. The van der Waals surface area contributed by atoms with Crippen LogP contribution in [0.1, 0.15) is 22.3 Å². The van der Waals surface area contributed by atoms with Crippen LogP contribution in [-0.4, -0.2) is 14.2 Å². The first-order chi connectivity index (χ1) is 25.0. The van der Waals surface area contributed by atoms with Crippen molar-refractivity contribution in [3.8, 4) is 22.6 Å². The van der Waals surface area contributed by atoms with Crippen molar-refractivity contribution in [3.63, 3.8) is 0 Å². The summed E-state index contributed by atoms with van der Waals surface area (Å²) in [6, 6.07) is 60.4. The molecule has 0 N–H and O–H groups in total. The third-order valence-corrected chi connectivity index (χ3v) is 9.23. The molecule has 4 heteroatoms. The zero-order valence-electron chi connectivity index (χ0n) is 29.6. The Hall–Kier alpha value is -6.26. The van der Waals surface area contributed by atoms with Crippen molar-refractivity contribution in [2.75, 3.05) is 24.0 Å². The predicted octanol–water partition coefficient (Wildman–Crippen LogP) is 12.5. The van der Waals surface area contributed by atoms with Crippen LogP contribution in [0.25, 0.3) is 11.1 Å². The highest BCUT2D eigenvalue weighted by molar-refractivity contribution is 5.88. The third-order valence-electron chi connectivity index (χ3n) is 9.23. The van der Waals surface area contributed by atoms with Gasteiger partial charge in [-0.25, -0.2) is 0 Å². The van der Waals surface area contributed by atoms with Gasteiger partial charge in [0.15, 0.2) is 0 Å². The lowest BCUT2D eigenvalue weighted by Gasteiger charge is -2.30. The summed E-state index contributed by atoms with van der Waals surface area (Å²) in [4.78, 5) is 4.65. The van der Waals surface area contributed by atoms with Gasteiger partial charge >= 0.3 is 0 Å². The summed E-state index contributed by atoms with van der Waals surface area (Å²) in [6.07, 6.45) is 0.830. The Balaban J connectivity index is 1.49. The van der Waals surface area contributed by atoms with Crippen LogP contribution >= 0.6 is 0 Å². The van der Waals surface area contributed by atoms with Crippen molar-refractivity contribution in [3.05, 3.63) is 192 Å². The van der Waals surface area contributed by atoms with Gasteiger partial charge in [0.05, 0.1) is 14.2 Å². The van der Waals surface area contributed by atoms with E-state index in [0.29, 0.717) is 0 Å². The molecule has 0 atom stereocenters. The van der Waals surface area contributed by atoms with Gasteiger partial charge in [0.2, 0.25) is 0 Å². The van der Waals surface area contributed by atoms with E-state index in [1.807, 2.05) is 24.3 Å². The molecule has 0 saturated carbocycles. The van der Waals surface area contributed by atoms with Crippen molar-refractivity contribution >= 4 is 34.1 Å². The van der Waals surface area contributed by atoms with E-state index in [2.05, 4.69) is 169 Å². The van der Waals surface area contributed by atoms with Crippen molar-refractivity contribution in [1.82, 2.24) is 0 Å². The quantitative estimate of drug-likeness (QED) is 0.137. The molecule has 4 nitrogen and oxygen atoms in total. The van der Waals surface area contributed by atoms with E-state index < -0.39 is 0 Å². The summed E-state index contributed by atoms with van der Waals surface area (Å²) < 4.78 is 11.1. The maximum absolute atomic E-state index is 5.55. The predicted molar refractivity (Wildman–Crippen MR) is 213 cm³/mol. The van der Waals surface area contributed by atoms with Crippen molar-refractivity contribution in [2.45, 2.75) is 20.3 Å². The maximum Gasteiger partial charge on any atom is 0.119 e. The third kappa shape index (κ3) is 7.51. The van der Waals surface area contributed by atoms with E-state index in [1.54, 1.807) is 14.2 Å². The average Bonchev–Trinajstić information content (AvgIpc) is 3.18. The molecule has 252 valence electrons. The topological polar surface area (TPSA) is 24.9 Å². The molecule has 0 amide bonds. The lowest BCUT2D eigenvalue weighted by atomic mass is 9.94. The number of aryl methyl sites for hydroxylation is 2. The van der Waals surface area contributed by atoms with E-state index in [1.165, 1.54) is 27.8 Å². The molecule has 7 aromatic rings. The summed E-state index contributed by atoms with van der Waals surface area (Å²) >= 11 is 0. The highest BCUT2D eigenvalue weighted by atomic mass is 16.5. The highest BCUT2D eigenvalue weighted by Crippen LogP contribution is 2.44. The van der Waals surface area contributed by atoms with Crippen molar-refractivity contribution < 1.29 is 9.47 Å². The number of methoxy groups -OCH3 is 2. The van der Waals surface area contributed by atoms with Crippen LogP contribution < -0.4 is 19.3 Å². The summed E-state index contributed by atoms with van der Waals surface area (Å²) in [7, 11) is 3.41. The minimum Gasteiger partial charge on any atom is -0.497 e. The Morgan fingerprint density at radius 3 is 1.27 bits per heavy atom. The number of benzene rings is 7. The normalized spacial score (nSPS) is 10.8. The van der Waals surface area contributed by atoms with Gasteiger partial charge in [-0.3, -0.25) is 0 Å². The van der Waals surface area contributed by atoms with Gasteiger partial charge < -0.3 is 19.3 Å². The first-order valence-corrected chi connectivity index (χ1v) is 17.3. The molecule has 0 aliphatic carbocycles. The first-order valence-electron chi connectivity index (χ1n) is 17.3. The van der Waals surface area contributed by atoms with Crippen molar-refractivity contribution in [1.29, 1.82) is 0 Å². The van der Waals surface area contributed by atoms with Gasteiger partial charge in [-0.15, -0.1) is 0 Å². The zero-order valence-corrected chi connectivity index (χ0v) is 29.6. The maximum atomic E-state index is 5.55. The number of anilines is 6. The molecule has 0 aliphatic heterocycles. The lowest BCUT2D eigenvalue weighted by Crippen LogP contribution is -2.14. The molecule has 0 aliphatic rings. The fourth-order valence-electron chi connectivity index (χ4n) is 6.53. The zero-order chi connectivity index (χ0) is 35.2. The molecule has 7 rings (SSSR count). The molecule has 7 aromatic carbocycles. The summed E-state index contributed by atoms with van der Waals surface area (Å²) in [5, 5.41) is 0. The number of nitrogens with zero attached hydrogens (tertiary/aromatic N) is 2. The van der Waals surface area contributed by atoms with Gasteiger partial charge in [0, 0.05) is 34.1 Å². The van der Waals surface area contributed by atoms with Crippen LogP contribution in [0.2, 0.25) is 0 Å². The average molecular weight is 667 g/mol. The Labute approximate surface area is 301 Å². The van der Waals surface area contributed by atoms with Gasteiger partial charge in [-0.05, 0) is 134 Å². The minimum atomic E-state index is 0.817. The van der Waals surface area contributed by atoms with E-state index in [9.17, 15) is 0 Å². The largest absolute Gasteiger partial charge is 0.497 e. The monoisotopic (exact) mass is 666 g/mol. The summed E-state index contributed by atoms with van der Waals surface area (Å²) in [5.41, 5.74) is 13.6. The summed E-state index contributed by atoms with van der Waals surface area (Å²) in [6.45, 7) is 4.25. The van der Waals surface area contributed by atoms with Crippen LogP contribution in [0, 0.1) is 13.8 Å². The van der Waals surface area contributed by atoms with Gasteiger partial charge in [-0.1, -0.05) is 90.0 Å². The van der Waals surface area contributed by atoms with Crippen LogP contribution in [0.3, 0.4) is 0 Å². The second-order valence-electron chi connectivity index (χ2n) is 12.8. The van der Waals surface area contributed by atoms with E-state index in [4.69, 9.17) is 9.47 Å². The van der Waals surface area contributed by atoms with Crippen LogP contribution in [0.5, 0.6) is 11.5 Å². The number of rotatable bonds is 11. The molecule has 51 heavy (non-hydrogen) atoms. The Morgan fingerprint density at radius 1 is 0.412 bits per heavy atom.